The fourth-order valence-electron chi connectivity index (χ4n) is 1.01. The molecule has 0 unspecified atom stereocenters. The minimum Gasteiger partial charge on any atom is -0.463 e. The zero-order valence-electron chi connectivity index (χ0n) is 5.47. The van der Waals surface area contributed by atoms with Crippen molar-refractivity contribution in [2.24, 2.45) is 0 Å². The summed E-state index contributed by atoms with van der Waals surface area (Å²) in [7, 11) is 0. The third-order valence-corrected chi connectivity index (χ3v) is 2.10. The number of hydrogen-bond donors (Lipinski definition) is 0. The molecule has 0 radical (unpaired) electrons. The Bertz CT molecular complexity index is 392. The average molecular weight is 187 g/mol. The molecule has 1 aromatic heterocycles. The smallest absolute Gasteiger partial charge is 0.136 e. The van der Waals surface area contributed by atoms with E-state index in [1.165, 1.54) is 6.26 Å². The van der Waals surface area contributed by atoms with Gasteiger partial charge in [-0.05, 0) is 12.1 Å². The van der Waals surface area contributed by atoms with E-state index in [0.717, 1.165) is 11.0 Å². The van der Waals surface area contributed by atoms with Gasteiger partial charge in [0.1, 0.15) is 11.8 Å². The van der Waals surface area contributed by atoms with Crippen LogP contribution in [0.5, 0.6) is 0 Å². The molecule has 11 heavy (non-hydrogen) atoms. The molecule has 0 aliphatic heterocycles. The van der Waals surface area contributed by atoms with Gasteiger partial charge in [-0.2, -0.15) is 0 Å². The molecular weight excluding hydrogens is 183 g/mol. The van der Waals surface area contributed by atoms with Gasteiger partial charge in [0, 0.05) is 0 Å². The van der Waals surface area contributed by atoms with Gasteiger partial charge in [0.25, 0.3) is 0 Å². The van der Waals surface area contributed by atoms with Crippen molar-refractivity contribution in [1.29, 1.82) is 0 Å². The molecule has 1 heterocycles. The predicted molar refractivity (Wildman–Crippen MR) is 46.2 cm³/mol. The lowest BCUT2D eigenvalue weighted by Gasteiger charge is -1.90. The van der Waals surface area contributed by atoms with Crippen molar-refractivity contribution in [1.82, 2.24) is 0 Å². The van der Waals surface area contributed by atoms with E-state index >= 15 is 0 Å². The second-order valence-corrected chi connectivity index (χ2v) is 3.01. The summed E-state index contributed by atoms with van der Waals surface area (Å²) in [5, 5.41) is 1.97. The Hall–Kier alpha value is -0.660. The summed E-state index contributed by atoms with van der Waals surface area (Å²) in [6.45, 7) is 0. The number of furan rings is 1. The van der Waals surface area contributed by atoms with Crippen molar-refractivity contribution in [2.75, 3.05) is 0 Å². The molecule has 3 heteroatoms. The molecule has 0 spiro atoms. The van der Waals surface area contributed by atoms with Crippen molar-refractivity contribution in [3.05, 3.63) is 34.5 Å². The van der Waals surface area contributed by atoms with Gasteiger partial charge in [0.2, 0.25) is 0 Å². The molecule has 2 aromatic rings. The molecule has 0 atom stereocenters. The summed E-state index contributed by atoms with van der Waals surface area (Å²) in [5.41, 5.74) is 0.725. The largest absolute Gasteiger partial charge is 0.463 e. The van der Waals surface area contributed by atoms with Crippen LogP contribution in [0.2, 0.25) is 10.0 Å². The van der Waals surface area contributed by atoms with Crippen LogP contribution in [0.25, 0.3) is 11.0 Å². The van der Waals surface area contributed by atoms with Gasteiger partial charge < -0.3 is 4.42 Å². The first kappa shape index (κ1) is 7.01. The Morgan fingerprint density at radius 3 is 2.64 bits per heavy atom. The standard InChI is InChI=1S/C8H4Cl2O/c9-5-2-1-3-7-8(5)6(10)4-11-7/h1-4H. The Labute approximate surface area is 73.5 Å². The molecular formula is C8H4Cl2O. The minimum absolute atomic E-state index is 0.561. The van der Waals surface area contributed by atoms with Gasteiger partial charge in [-0.15, -0.1) is 0 Å². The highest BCUT2D eigenvalue weighted by molar-refractivity contribution is 6.42. The van der Waals surface area contributed by atoms with Gasteiger partial charge in [-0.25, -0.2) is 0 Å². The van der Waals surface area contributed by atoms with Crippen LogP contribution in [-0.4, -0.2) is 0 Å². The highest BCUT2D eigenvalue weighted by Gasteiger charge is 2.05. The van der Waals surface area contributed by atoms with E-state index in [2.05, 4.69) is 0 Å². The first-order valence-corrected chi connectivity index (χ1v) is 3.86. The number of benzene rings is 1. The van der Waals surface area contributed by atoms with E-state index in [0.29, 0.717) is 10.0 Å². The molecule has 1 aromatic carbocycles. The highest BCUT2D eigenvalue weighted by Crippen LogP contribution is 2.31. The predicted octanol–water partition coefficient (Wildman–Crippen LogP) is 3.74. The second kappa shape index (κ2) is 2.43. The lowest BCUT2D eigenvalue weighted by Crippen LogP contribution is -1.65. The lowest BCUT2D eigenvalue weighted by molar-refractivity contribution is 0.616. The van der Waals surface area contributed by atoms with Crippen LogP contribution in [0.3, 0.4) is 0 Å². The molecule has 0 saturated carbocycles. The molecule has 0 aliphatic rings. The second-order valence-electron chi connectivity index (χ2n) is 2.20. The molecule has 0 aliphatic carbocycles. The maximum atomic E-state index is 5.86. The number of rotatable bonds is 0. The number of halogens is 2. The third-order valence-electron chi connectivity index (χ3n) is 1.50. The summed E-state index contributed by atoms with van der Waals surface area (Å²) < 4.78 is 5.11. The first-order chi connectivity index (χ1) is 5.29. The van der Waals surface area contributed by atoms with Crippen LogP contribution in [0.15, 0.2) is 28.9 Å². The van der Waals surface area contributed by atoms with E-state index in [1.54, 1.807) is 6.07 Å². The summed E-state index contributed by atoms with van der Waals surface area (Å²) in [6, 6.07) is 5.43. The molecule has 2 rings (SSSR count). The molecule has 0 saturated heterocycles. The Balaban J connectivity index is 2.96. The van der Waals surface area contributed by atoms with Crippen LogP contribution in [0.1, 0.15) is 0 Å². The molecule has 0 bridgehead atoms. The number of hydrogen-bond acceptors (Lipinski definition) is 1. The summed E-state index contributed by atoms with van der Waals surface area (Å²) in [5.74, 6) is 0. The van der Waals surface area contributed by atoms with Crippen molar-refractivity contribution < 1.29 is 4.42 Å². The molecule has 56 valence electrons. The molecule has 0 amide bonds. The van der Waals surface area contributed by atoms with E-state index in [-0.39, 0.29) is 0 Å². The van der Waals surface area contributed by atoms with Crippen molar-refractivity contribution in [3.8, 4) is 0 Å². The molecule has 0 N–H and O–H groups in total. The third kappa shape index (κ3) is 1.01. The van der Waals surface area contributed by atoms with E-state index in [9.17, 15) is 0 Å². The quantitative estimate of drug-likeness (QED) is 0.612. The van der Waals surface area contributed by atoms with Gasteiger partial charge >= 0.3 is 0 Å². The zero-order valence-corrected chi connectivity index (χ0v) is 6.99. The average Bonchev–Trinajstić information content (AvgIpc) is 2.34. The summed E-state index contributed by atoms with van der Waals surface area (Å²) >= 11 is 11.7. The van der Waals surface area contributed by atoms with Crippen LogP contribution in [0.4, 0.5) is 0 Å². The van der Waals surface area contributed by atoms with Crippen molar-refractivity contribution >= 4 is 34.2 Å². The minimum atomic E-state index is 0.561. The van der Waals surface area contributed by atoms with Crippen LogP contribution in [-0.2, 0) is 0 Å². The van der Waals surface area contributed by atoms with Crippen LogP contribution in [0, 0.1) is 0 Å². The zero-order chi connectivity index (χ0) is 7.84. The summed E-state index contributed by atoms with van der Waals surface area (Å²) in [6.07, 6.45) is 1.48. The Morgan fingerprint density at radius 1 is 1.09 bits per heavy atom. The molecule has 0 fully saturated rings. The maximum Gasteiger partial charge on any atom is 0.136 e. The maximum absolute atomic E-state index is 5.86. The van der Waals surface area contributed by atoms with E-state index < -0.39 is 0 Å². The Morgan fingerprint density at radius 2 is 1.91 bits per heavy atom. The van der Waals surface area contributed by atoms with Crippen LogP contribution >= 0.6 is 23.2 Å². The van der Waals surface area contributed by atoms with Crippen molar-refractivity contribution in [2.45, 2.75) is 0 Å². The van der Waals surface area contributed by atoms with Crippen LogP contribution < -0.4 is 0 Å². The highest BCUT2D eigenvalue weighted by atomic mass is 35.5. The summed E-state index contributed by atoms with van der Waals surface area (Å²) in [4.78, 5) is 0. The molecule has 1 nitrogen and oxygen atoms in total. The lowest BCUT2D eigenvalue weighted by atomic mass is 10.3. The van der Waals surface area contributed by atoms with E-state index in [4.69, 9.17) is 27.6 Å². The fourth-order valence-corrected chi connectivity index (χ4v) is 1.56. The first-order valence-electron chi connectivity index (χ1n) is 3.10. The van der Waals surface area contributed by atoms with Gasteiger partial charge in [-0.1, -0.05) is 29.3 Å². The van der Waals surface area contributed by atoms with Crippen molar-refractivity contribution in [3.63, 3.8) is 0 Å². The monoisotopic (exact) mass is 186 g/mol. The topological polar surface area (TPSA) is 13.1 Å². The fraction of sp³-hybridized carbons (Fsp3) is 0. The SMILES string of the molecule is Clc1cccc2occ(Cl)c12. The Kier molecular flexibility index (Phi) is 1.55. The van der Waals surface area contributed by atoms with E-state index in [1.807, 2.05) is 12.1 Å². The van der Waals surface area contributed by atoms with Gasteiger partial charge in [0.05, 0.1) is 15.4 Å². The van der Waals surface area contributed by atoms with Gasteiger partial charge in [0.15, 0.2) is 0 Å². The van der Waals surface area contributed by atoms with Gasteiger partial charge in [-0.3, -0.25) is 0 Å². The number of fused-ring (bicyclic) bond motifs is 1. The normalized spacial score (nSPS) is 10.7.